The maximum absolute atomic E-state index is 8.84. The zero-order valence-corrected chi connectivity index (χ0v) is 13.8. The molecule has 0 spiro atoms. The van der Waals surface area contributed by atoms with E-state index in [1.54, 1.807) is 24.3 Å². The van der Waals surface area contributed by atoms with Gasteiger partial charge in [0.1, 0.15) is 5.75 Å². The second kappa shape index (κ2) is 6.84. The van der Waals surface area contributed by atoms with Gasteiger partial charge in [0.25, 0.3) is 0 Å². The lowest BCUT2D eigenvalue weighted by atomic mass is 10.1. The van der Waals surface area contributed by atoms with Gasteiger partial charge in [0.15, 0.2) is 0 Å². The van der Waals surface area contributed by atoms with Crippen LogP contribution in [0.3, 0.4) is 0 Å². The molecule has 3 aromatic rings. The first-order chi connectivity index (χ1) is 12.0. The third-order valence-corrected chi connectivity index (χ3v) is 3.50. The van der Waals surface area contributed by atoms with Crippen molar-refractivity contribution in [1.29, 1.82) is 5.26 Å². The normalized spacial score (nSPS) is 10.1. The predicted octanol–water partition coefficient (Wildman–Crippen LogP) is 3.48. The van der Waals surface area contributed by atoms with Gasteiger partial charge in [0, 0.05) is 5.69 Å². The van der Waals surface area contributed by atoms with Gasteiger partial charge in [-0.25, -0.2) is 0 Å². The topological polar surface area (TPSA) is 110 Å². The molecule has 0 aliphatic carbocycles. The highest BCUT2D eigenvalue weighted by Gasteiger charge is 2.10. The molecule has 0 radical (unpaired) electrons. The first kappa shape index (κ1) is 16.2. The smallest absolute Gasteiger partial charge is 0.328 e. The Kier molecular flexibility index (Phi) is 4.44. The first-order valence-corrected chi connectivity index (χ1v) is 7.58. The minimum Gasteiger partial charge on any atom is -0.424 e. The summed E-state index contributed by atoms with van der Waals surface area (Å²) < 4.78 is 5.81. The number of ether oxygens (including phenoxy) is 1. The number of aryl methyl sites for hydroxylation is 2. The summed E-state index contributed by atoms with van der Waals surface area (Å²) in [6.07, 6.45) is 0. The van der Waals surface area contributed by atoms with Crippen LogP contribution in [-0.4, -0.2) is 15.0 Å². The molecule has 25 heavy (non-hydrogen) atoms. The minimum atomic E-state index is 0.0485. The fourth-order valence-electron chi connectivity index (χ4n) is 2.28. The van der Waals surface area contributed by atoms with Crippen LogP contribution < -0.4 is 15.8 Å². The Labute approximate surface area is 145 Å². The lowest BCUT2D eigenvalue weighted by Crippen LogP contribution is -2.05. The summed E-state index contributed by atoms with van der Waals surface area (Å²) in [6.45, 7) is 3.89. The van der Waals surface area contributed by atoms with Crippen molar-refractivity contribution in [3.05, 3.63) is 59.2 Å². The van der Waals surface area contributed by atoms with E-state index in [2.05, 4.69) is 26.3 Å². The molecule has 0 saturated heterocycles. The number of para-hydroxylation sites is 1. The van der Waals surface area contributed by atoms with Gasteiger partial charge in [0.05, 0.1) is 11.6 Å². The molecule has 1 aromatic heterocycles. The van der Waals surface area contributed by atoms with Crippen molar-refractivity contribution in [2.45, 2.75) is 13.8 Å². The molecule has 124 valence electrons. The van der Waals surface area contributed by atoms with Gasteiger partial charge in [0.2, 0.25) is 11.9 Å². The number of hydrogen-bond donors (Lipinski definition) is 2. The van der Waals surface area contributed by atoms with E-state index in [4.69, 9.17) is 15.7 Å². The fraction of sp³-hybridized carbons (Fsp3) is 0.111. The van der Waals surface area contributed by atoms with Crippen molar-refractivity contribution < 1.29 is 4.74 Å². The molecule has 0 saturated carbocycles. The molecular formula is C18H16N6O. The summed E-state index contributed by atoms with van der Waals surface area (Å²) in [5, 5.41) is 11.9. The molecule has 7 nitrogen and oxygen atoms in total. The van der Waals surface area contributed by atoms with E-state index in [0.717, 1.165) is 16.8 Å². The number of hydrogen-bond acceptors (Lipinski definition) is 7. The van der Waals surface area contributed by atoms with Gasteiger partial charge in [-0.05, 0) is 49.2 Å². The van der Waals surface area contributed by atoms with Crippen LogP contribution in [-0.2, 0) is 0 Å². The van der Waals surface area contributed by atoms with Gasteiger partial charge in [-0.15, -0.1) is 0 Å². The Balaban J connectivity index is 1.86. The van der Waals surface area contributed by atoms with Crippen molar-refractivity contribution in [2.24, 2.45) is 0 Å². The molecule has 0 atom stereocenters. The van der Waals surface area contributed by atoms with Crippen LogP contribution in [0.5, 0.6) is 11.8 Å². The standard InChI is InChI=1S/C18H16N6O/c1-11-4-3-5-12(2)15(11)25-18-23-16(20)22-17(24-18)21-14-8-6-13(10-19)7-9-14/h3-9H,1-2H3,(H3,20,21,22,23,24). The predicted molar refractivity (Wildman–Crippen MR) is 94.7 cm³/mol. The highest BCUT2D eigenvalue weighted by molar-refractivity contribution is 5.55. The minimum absolute atomic E-state index is 0.0485. The lowest BCUT2D eigenvalue weighted by molar-refractivity contribution is 0.435. The van der Waals surface area contributed by atoms with Crippen molar-refractivity contribution in [3.8, 4) is 17.8 Å². The number of nitriles is 1. The number of aromatic nitrogens is 3. The SMILES string of the molecule is Cc1cccc(C)c1Oc1nc(N)nc(Nc2ccc(C#N)cc2)n1. The second-order valence-electron chi connectivity index (χ2n) is 5.44. The Morgan fingerprint density at radius 2 is 1.68 bits per heavy atom. The van der Waals surface area contributed by atoms with Crippen molar-refractivity contribution in [3.63, 3.8) is 0 Å². The van der Waals surface area contributed by atoms with Gasteiger partial charge < -0.3 is 15.8 Å². The molecule has 0 aliphatic heterocycles. The van der Waals surface area contributed by atoms with Crippen LogP contribution in [0.2, 0.25) is 0 Å². The Bertz CT molecular complexity index is 927. The van der Waals surface area contributed by atoms with E-state index in [1.807, 2.05) is 32.0 Å². The van der Waals surface area contributed by atoms with Crippen LogP contribution in [0.4, 0.5) is 17.6 Å². The van der Waals surface area contributed by atoms with E-state index >= 15 is 0 Å². The van der Waals surface area contributed by atoms with Crippen LogP contribution in [0.25, 0.3) is 0 Å². The number of benzene rings is 2. The number of anilines is 3. The van der Waals surface area contributed by atoms with Crippen LogP contribution in [0, 0.1) is 25.2 Å². The van der Waals surface area contributed by atoms with Crippen molar-refractivity contribution in [1.82, 2.24) is 15.0 Å². The number of nitrogens with one attached hydrogen (secondary N) is 1. The molecule has 7 heteroatoms. The fourth-order valence-corrected chi connectivity index (χ4v) is 2.28. The quantitative estimate of drug-likeness (QED) is 0.752. The Morgan fingerprint density at radius 3 is 2.32 bits per heavy atom. The molecule has 0 unspecified atom stereocenters. The van der Waals surface area contributed by atoms with Crippen LogP contribution in [0.1, 0.15) is 16.7 Å². The summed E-state index contributed by atoms with van der Waals surface area (Å²) in [5.41, 5.74) is 9.00. The maximum Gasteiger partial charge on any atom is 0.328 e. The monoisotopic (exact) mass is 332 g/mol. The third-order valence-electron chi connectivity index (χ3n) is 3.50. The molecule has 0 bridgehead atoms. The second-order valence-corrected chi connectivity index (χ2v) is 5.44. The first-order valence-electron chi connectivity index (χ1n) is 7.58. The number of nitrogens with two attached hydrogens (primary N) is 1. The molecule has 3 N–H and O–H groups in total. The zero-order chi connectivity index (χ0) is 17.8. The van der Waals surface area contributed by atoms with Crippen LogP contribution >= 0.6 is 0 Å². The Hall–Kier alpha value is -3.66. The molecule has 2 aromatic carbocycles. The summed E-state index contributed by atoms with van der Waals surface area (Å²) in [4.78, 5) is 12.3. The largest absolute Gasteiger partial charge is 0.424 e. The van der Waals surface area contributed by atoms with E-state index in [-0.39, 0.29) is 17.9 Å². The molecule has 3 rings (SSSR count). The van der Waals surface area contributed by atoms with Gasteiger partial charge in [-0.1, -0.05) is 18.2 Å². The van der Waals surface area contributed by atoms with Crippen molar-refractivity contribution in [2.75, 3.05) is 11.1 Å². The van der Waals surface area contributed by atoms with Crippen molar-refractivity contribution >= 4 is 17.6 Å². The maximum atomic E-state index is 8.84. The number of nitrogen functional groups attached to an aromatic ring is 1. The summed E-state index contributed by atoms with van der Waals surface area (Å²) in [6, 6.07) is 14.9. The van der Waals surface area contributed by atoms with Gasteiger partial charge in [-0.2, -0.15) is 20.2 Å². The lowest BCUT2D eigenvalue weighted by Gasteiger charge is -2.11. The van der Waals surface area contributed by atoms with E-state index in [1.165, 1.54) is 0 Å². The summed E-state index contributed by atoms with van der Waals surface area (Å²) in [5.74, 6) is 1.00. The molecule has 0 fully saturated rings. The third kappa shape index (κ3) is 3.82. The van der Waals surface area contributed by atoms with E-state index in [0.29, 0.717) is 11.3 Å². The van der Waals surface area contributed by atoms with E-state index in [9.17, 15) is 0 Å². The van der Waals surface area contributed by atoms with Crippen LogP contribution in [0.15, 0.2) is 42.5 Å². The summed E-state index contributed by atoms with van der Waals surface area (Å²) in [7, 11) is 0. The summed E-state index contributed by atoms with van der Waals surface area (Å²) >= 11 is 0. The Morgan fingerprint density at radius 1 is 1.00 bits per heavy atom. The zero-order valence-electron chi connectivity index (χ0n) is 13.8. The number of nitrogens with zero attached hydrogens (tertiary/aromatic N) is 4. The highest BCUT2D eigenvalue weighted by atomic mass is 16.5. The molecule has 0 amide bonds. The number of rotatable bonds is 4. The van der Waals surface area contributed by atoms with E-state index < -0.39 is 0 Å². The van der Waals surface area contributed by atoms with Gasteiger partial charge >= 0.3 is 6.01 Å². The van der Waals surface area contributed by atoms with Gasteiger partial charge in [-0.3, -0.25) is 0 Å². The highest BCUT2D eigenvalue weighted by Crippen LogP contribution is 2.27. The average molecular weight is 332 g/mol. The molecule has 0 aliphatic rings. The molecule has 1 heterocycles. The average Bonchev–Trinajstić information content (AvgIpc) is 2.58. The molecular weight excluding hydrogens is 316 g/mol.